The van der Waals surface area contributed by atoms with Crippen molar-refractivity contribution in [1.29, 1.82) is 0 Å². The summed E-state index contributed by atoms with van der Waals surface area (Å²) in [4.78, 5) is 15.7. The molecule has 0 unspecified atom stereocenters. The highest BCUT2D eigenvalue weighted by atomic mass is 16.6. The Bertz CT molecular complexity index is 349. The van der Waals surface area contributed by atoms with Crippen LogP contribution in [-0.4, -0.2) is 16.6 Å². The second kappa shape index (κ2) is 5.10. The van der Waals surface area contributed by atoms with Crippen LogP contribution in [-0.2, 0) is 22.4 Å². The van der Waals surface area contributed by atoms with Crippen molar-refractivity contribution >= 4 is 5.97 Å². The van der Waals surface area contributed by atoms with E-state index in [2.05, 4.69) is 11.9 Å². The van der Waals surface area contributed by atoms with Crippen molar-refractivity contribution in [3.63, 3.8) is 0 Å². The maximum Gasteiger partial charge on any atom is 0.312 e. The lowest BCUT2D eigenvalue weighted by Crippen LogP contribution is -2.25. The van der Waals surface area contributed by atoms with Crippen LogP contribution in [0.4, 0.5) is 0 Å². The molecule has 0 aliphatic heterocycles. The van der Waals surface area contributed by atoms with E-state index in [-0.39, 0.29) is 12.4 Å². The van der Waals surface area contributed by atoms with Crippen molar-refractivity contribution in [2.45, 2.75) is 46.1 Å². The van der Waals surface area contributed by atoms with Crippen molar-refractivity contribution in [2.75, 3.05) is 0 Å². The molecule has 0 saturated heterocycles. The highest BCUT2D eigenvalue weighted by molar-refractivity contribution is 5.72. The van der Waals surface area contributed by atoms with Crippen LogP contribution in [0.1, 0.15) is 39.0 Å². The van der Waals surface area contributed by atoms with E-state index in [1.807, 2.05) is 32.9 Å². The second-order valence-corrected chi connectivity index (χ2v) is 4.77. The van der Waals surface area contributed by atoms with Gasteiger partial charge < -0.3 is 4.74 Å². The molecule has 1 aromatic heterocycles. The van der Waals surface area contributed by atoms with Gasteiger partial charge >= 0.3 is 5.97 Å². The van der Waals surface area contributed by atoms with Crippen LogP contribution in [0.15, 0.2) is 18.3 Å². The number of ether oxygens (including phenoxy) is 1. The molecule has 0 amide bonds. The van der Waals surface area contributed by atoms with Crippen LogP contribution < -0.4 is 0 Å². The zero-order valence-electron chi connectivity index (χ0n) is 10.4. The van der Waals surface area contributed by atoms with Gasteiger partial charge in [0.15, 0.2) is 0 Å². The zero-order chi connectivity index (χ0) is 12.2. The van der Waals surface area contributed by atoms with Gasteiger partial charge in [0.2, 0.25) is 0 Å². The van der Waals surface area contributed by atoms with Gasteiger partial charge in [0.1, 0.15) is 5.60 Å². The van der Waals surface area contributed by atoms with Crippen molar-refractivity contribution in [3.8, 4) is 0 Å². The minimum Gasteiger partial charge on any atom is -0.460 e. The quantitative estimate of drug-likeness (QED) is 0.736. The summed E-state index contributed by atoms with van der Waals surface area (Å²) >= 11 is 0. The van der Waals surface area contributed by atoms with Gasteiger partial charge in [-0.2, -0.15) is 0 Å². The van der Waals surface area contributed by atoms with Gasteiger partial charge in [-0.25, -0.2) is 0 Å². The van der Waals surface area contributed by atoms with Crippen LogP contribution in [0.2, 0.25) is 0 Å². The molecule has 0 fully saturated rings. The van der Waals surface area contributed by atoms with E-state index < -0.39 is 5.60 Å². The first-order valence-corrected chi connectivity index (χ1v) is 5.56. The van der Waals surface area contributed by atoms with Gasteiger partial charge in [0, 0.05) is 6.20 Å². The minimum atomic E-state index is -0.430. The molecule has 0 saturated carbocycles. The molecular weight excluding hydrogens is 202 g/mol. The average Bonchev–Trinajstić information content (AvgIpc) is 2.16. The number of esters is 1. The summed E-state index contributed by atoms with van der Waals surface area (Å²) in [7, 11) is 0. The first-order valence-electron chi connectivity index (χ1n) is 5.56. The fourth-order valence-corrected chi connectivity index (χ4v) is 1.29. The number of nitrogens with zero attached hydrogens (tertiary/aromatic N) is 1. The molecule has 88 valence electrons. The predicted molar refractivity (Wildman–Crippen MR) is 63.2 cm³/mol. The third-order valence-corrected chi connectivity index (χ3v) is 2.04. The molecule has 0 aliphatic rings. The summed E-state index contributed by atoms with van der Waals surface area (Å²) in [5.41, 5.74) is 1.50. The molecule has 1 heterocycles. The monoisotopic (exact) mass is 221 g/mol. The topological polar surface area (TPSA) is 39.2 Å². The molecular formula is C13H19NO2. The Kier molecular flexibility index (Phi) is 4.05. The molecule has 16 heavy (non-hydrogen) atoms. The second-order valence-electron chi connectivity index (χ2n) is 4.77. The smallest absolute Gasteiger partial charge is 0.312 e. The van der Waals surface area contributed by atoms with E-state index in [1.165, 1.54) is 5.56 Å². The van der Waals surface area contributed by atoms with Crippen LogP contribution in [0.3, 0.4) is 0 Å². The first-order chi connectivity index (χ1) is 7.40. The Hall–Kier alpha value is -1.38. The average molecular weight is 221 g/mol. The summed E-state index contributed by atoms with van der Waals surface area (Å²) in [5, 5.41) is 0. The van der Waals surface area contributed by atoms with Crippen molar-refractivity contribution in [3.05, 3.63) is 29.6 Å². The summed E-state index contributed by atoms with van der Waals surface area (Å²) in [6.07, 6.45) is 3.00. The summed E-state index contributed by atoms with van der Waals surface area (Å²) in [6, 6.07) is 3.87. The fraction of sp³-hybridized carbons (Fsp3) is 0.538. The van der Waals surface area contributed by atoms with Crippen molar-refractivity contribution < 1.29 is 9.53 Å². The molecule has 0 radical (unpaired) electrons. The number of aromatic nitrogens is 1. The Morgan fingerprint density at radius 1 is 1.38 bits per heavy atom. The SMILES string of the molecule is CCc1ccc(CC(=O)OC(C)(C)C)nc1. The van der Waals surface area contributed by atoms with Crippen molar-refractivity contribution in [1.82, 2.24) is 4.98 Å². The lowest BCUT2D eigenvalue weighted by molar-refractivity contribution is -0.153. The molecule has 0 N–H and O–H groups in total. The molecule has 0 atom stereocenters. The molecule has 1 rings (SSSR count). The standard InChI is InChI=1S/C13H19NO2/c1-5-10-6-7-11(14-9-10)8-12(15)16-13(2,3)4/h6-7,9H,5,8H2,1-4H3. The van der Waals surface area contributed by atoms with Gasteiger partial charge in [-0.1, -0.05) is 13.0 Å². The number of hydrogen-bond donors (Lipinski definition) is 0. The third kappa shape index (κ3) is 4.43. The molecule has 0 aliphatic carbocycles. The largest absolute Gasteiger partial charge is 0.460 e. The van der Waals surface area contributed by atoms with E-state index >= 15 is 0 Å². The molecule has 3 heteroatoms. The Balaban J connectivity index is 2.56. The molecule has 0 bridgehead atoms. The van der Waals surface area contributed by atoms with Crippen molar-refractivity contribution in [2.24, 2.45) is 0 Å². The van der Waals surface area contributed by atoms with Gasteiger partial charge in [-0.15, -0.1) is 0 Å². The normalized spacial score (nSPS) is 11.2. The zero-order valence-corrected chi connectivity index (χ0v) is 10.4. The fourth-order valence-electron chi connectivity index (χ4n) is 1.29. The Morgan fingerprint density at radius 2 is 2.06 bits per heavy atom. The number of rotatable bonds is 3. The van der Waals surface area contributed by atoms with E-state index in [4.69, 9.17) is 4.74 Å². The van der Waals surface area contributed by atoms with E-state index in [1.54, 1.807) is 6.20 Å². The maximum atomic E-state index is 11.5. The van der Waals surface area contributed by atoms with E-state index in [0.29, 0.717) is 0 Å². The van der Waals surface area contributed by atoms with Crippen LogP contribution in [0.25, 0.3) is 0 Å². The third-order valence-electron chi connectivity index (χ3n) is 2.04. The highest BCUT2D eigenvalue weighted by Crippen LogP contribution is 2.09. The Labute approximate surface area is 96.8 Å². The number of carbonyl (C=O) groups is 1. The lowest BCUT2D eigenvalue weighted by Gasteiger charge is -2.19. The van der Waals surface area contributed by atoms with Gasteiger partial charge in [0.25, 0.3) is 0 Å². The van der Waals surface area contributed by atoms with Crippen LogP contribution >= 0.6 is 0 Å². The minimum absolute atomic E-state index is 0.232. The van der Waals surface area contributed by atoms with Crippen LogP contribution in [0, 0.1) is 0 Å². The molecule has 3 nitrogen and oxygen atoms in total. The first kappa shape index (κ1) is 12.7. The van der Waals surface area contributed by atoms with Gasteiger partial charge in [0.05, 0.1) is 12.1 Å². The number of aryl methyl sites for hydroxylation is 1. The lowest BCUT2D eigenvalue weighted by atomic mass is 10.1. The highest BCUT2D eigenvalue weighted by Gasteiger charge is 2.16. The van der Waals surface area contributed by atoms with Gasteiger partial charge in [-0.05, 0) is 38.8 Å². The maximum absolute atomic E-state index is 11.5. The number of pyridine rings is 1. The molecule has 1 aromatic rings. The Morgan fingerprint density at radius 3 is 2.50 bits per heavy atom. The summed E-state index contributed by atoms with van der Waals surface area (Å²) < 4.78 is 5.22. The summed E-state index contributed by atoms with van der Waals surface area (Å²) in [5.74, 6) is -0.232. The number of hydrogen-bond acceptors (Lipinski definition) is 3. The molecule has 0 spiro atoms. The van der Waals surface area contributed by atoms with E-state index in [9.17, 15) is 4.79 Å². The summed E-state index contributed by atoms with van der Waals surface area (Å²) in [6.45, 7) is 7.65. The van der Waals surface area contributed by atoms with Crippen LogP contribution in [0.5, 0.6) is 0 Å². The van der Waals surface area contributed by atoms with Gasteiger partial charge in [-0.3, -0.25) is 9.78 Å². The van der Waals surface area contributed by atoms with E-state index in [0.717, 1.165) is 12.1 Å². The predicted octanol–water partition coefficient (Wildman–Crippen LogP) is 2.53. The molecule has 0 aromatic carbocycles. The number of carbonyl (C=O) groups excluding carboxylic acids is 1.